The van der Waals surface area contributed by atoms with E-state index in [9.17, 15) is 19.1 Å². The van der Waals surface area contributed by atoms with Crippen molar-refractivity contribution in [1.82, 2.24) is 5.32 Å². The van der Waals surface area contributed by atoms with Crippen molar-refractivity contribution in [2.24, 2.45) is 0 Å². The second-order valence-corrected chi connectivity index (χ2v) is 6.35. The molecule has 28 heavy (non-hydrogen) atoms. The molecule has 150 valence electrons. The average Bonchev–Trinajstić information content (AvgIpc) is 2.72. The van der Waals surface area contributed by atoms with Gasteiger partial charge in [-0.15, -0.1) is 0 Å². The summed E-state index contributed by atoms with van der Waals surface area (Å²) < 4.78 is 23.2. The van der Waals surface area contributed by atoms with Gasteiger partial charge in [-0.1, -0.05) is 42.5 Å². The van der Waals surface area contributed by atoms with Gasteiger partial charge in [0.25, 0.3) is 0 Å². The van der Waals surface area contributed by atoms with Gasteiger partial charge in [-0.2, -0.15) is 0 Å². The van der Waals surface area contributed by atoms with Crippen molar-refractivity contribution < 1.29 is 28.6 Å². The number of esters is 1. The first-order chi connectivity index (χ1) is 13.4. The van der Waals surface area contributed by atoms with Gasteiger partial charge in [-0.3, -0.25) is 4.79 Å². The van der Waals surface area contributed by atoms with Crippen molar-refractivity contribution in [2.75, 3.05) is 7.11 Å². The smallest absolute Gasteiger partial charge is 0.336 e. The highest BCUT2D eigenvalue weighted by Gasteiger charge is 2.30. The minimum atomic E-state index is -1.57. The Hall–Kier alpha value is -2.77. The largest absolute Gasteiger partial charge is 0.467 e. The highest BCUT2D eigenvalue weighted by atomic mass is 19.1. The van der Waals surface area contributed by atoms with E-state index in [0.717, 1.165) is 12.7 Å². The molecule has 7 heteroatoms. The molecule has 0 saturated carbocycles. The Morgan fingerprint density at radius 1 is 1.07 bits per heavy atom. The van der Waals surface area contributed by atoms with E-state index in [1.54, 1.807) is 6.92 Å². The molecular formula is C21H24FNO5. The Morgan fingerprint density at radius 3 is 2.32 bits per heavy atom. The number of nitrogens with one attached hydrogen (secondary N) is 1. The van der Waals surface area contributed by atoms with Crippen molar-refractivity contribution in [3.63, 3.8) is 0 Å². The molecule has 3 unspecified atom stereocenters. The fourth-order valence-electron chi connectivity index (χ4n) is 2.57. The lowest BCUT2D eigenvalue weighted by molar-refractivity contribution is -0.152. The van der Waals surface area contributed by atoms with Crippen molar-refractivity contribution in [3.8, 4) is 0 Å². The van der Waals surface area contributed by atoms with Gasteiger partial charge in [0.2, 0.25) is 5.91 Å². The molecule has 0 bridgehead atoms. The third kappa shape index (κ3) is 6.44. The Kier molecular flexibility index (Phi) is 8.10. The van der Waals surface area contributed by atoms with Crippen LogP contribution in [-0.2, 0) is 32.1 Å². The van der Waals surface area contributed by atoms with Crippen molar-refractivity contribution in [2.45, 2.75) is 38.2 Å². The zero-order valence-corrected chi connectivity index (χ0v) is 15.8. The second-order valence-electron chi connectivity index (χ2n) is 6.35. The minimum Gasteiger partial charge on any atom is -0.467 e. The van der Waals surface area contributed by atoms with Crippen molar-refractivity contribution in [3.05, 3.63) is 71.5 Å². The number of hydrogen-bond acceptors (Lipinski definition) is 5. The molecule has 0 aliphatic rings. The SMILES string of the molecule is COC(=O)C(O)C(Cc1ccc(F)cc1)NC(=O)C(C)OCc1ccccc1. The molecule has 0 fully saturated rings. The maximum absolute atomic E-state index is 13.1. The molecule has 0 saturated heterocycles. The van der Waals surface area contributed by atoms with Crippen molar-refractivity contribution >= 4 is 11.9 Å². The predicted molar refractivity (Wildman–Crippen MR) is 101 cm³/mol. The van der Waals surface area contributed by atoms with Crippen LogP contribution in [0.15, 0.2) is 54.6 Å². The monoisotopic (exact) mass is 389 g/mol. The molecule has 0 spiro atoms. The number of amides is 1. The number of methoxy groups -OCH3 is 1. The predicted octanol–water partition coefficient (Wildman–Crippen LogP) is 1.99. The third-order valence-electron chi connectivity index (χ3n) is 4.23. The van der Waals surface area contributed by atoms with Gasteiger partial charge in [0.05, 0.1) is 19.8 Å². The first-order valence-electron chi connectivity index (χ1n) is 8.87. The first-order valence-corrected chi connectivity index (χ1v) is 8.87. The number of carbonyl (C=O) groups is 2. The lowest BCUT2D eigenvalue weighted by atomic mass is 10.0. The van der Waals surface area contributed by atoms with Crippen LogP contribution >= 0.6 is 0 Å². The van der Waals surface area contributed by atoms with Gasteiger partial charge in [-0.05, 0) is 36.6 Å². The van der Waals surface area contributed by atoms with Gasteiger partial charge in [0.15, 0.2) is 6.10 Å². The molecule has 2 aromatic rings. The number of carbonyl (C=O) groups excluding carboxylic acids is 2. The summed E-state index contributed by atoms with van der Waals surface area (Å²) in [4.78, 5) is 24.2. The van der Waals surface area contributed by atoms with Crippen LogP contribution in [-0.4, -0.2) is 42.3 Å². The zero-order valence-electron chi connectivity index (χ0n) is 15.8. The fraction of sp³-hybridized carbons (Fsp3) is 0.333. The topological polar surface area (TPSA) is 84.9 Å². The number of ether oxygens (including phenoxy) is 2. The summed E-state index contributed by atoms with van der Waals surface area (Å²) in [5, 5.41) is 12.9. The molecule has 2 aromatic carbocycles. The van der Waals surface area contributed by atoms with E-state index < -0.39 is 35.9 Å². The third-order valence-corrected chi connectivity index (χ3v) is 4.23. The van der Waals surface area contributed by atoms with E-state index in [0.29, 0.717) is 5.56 Å². The van der Waals surface area contributed by atoms with Crippen LogP contribution in [0.25, 0.3) is 0 Å². The number of benzene rings is 2. The minimum absolute atomic E-state index is 0.119. The number of aliphatic hydroxyl groups is 1. The van der Waals surface area contributed by atoms with Gasteiger partial charge in [0, 0.05) is 0 Å². The number of aliphatic hydroxyl groups excluding tert-OH is 1. The molecule has 0 aromatic heterocycles. The molecule has 2 N–H and O–H groups in total. The normalized spacial score (nSPS) is 14.0. The molecule has 0 aliphatic heterocycles. The quantitative estimate of drug-likeness (QED) is 0.641. The van der Waals surface area contributed by atoms with Gasteiger partial charge < -0.3 is 19.9 Å². The van der Waals surface area contributed by atoms with Gasteiger partial charge in [0.1, 0.15) is 11.9 Å². The van der Waals surface area contributed by atoms with Gasteiger partial charge >= 0.3 is 5.97 Å². The van der Waals surface area contributed by atoms with Crippen LogP contribution in [0.4, 0.5) is 4.39 Å². The maximum Gasteiger partial charge on any atom is 0.336 e. The summed E-state index contributed by atoms with van der Waals surface area (Å²) >= 11 is 0. The summed E-state index contributed by atoms with van der Waals surface area (Å²) in [7, 11) is 1.15. The lowest BCUT2D eigenvalue weighted by Crippen LogP contribution is -2.51. The van der Waals surface area contributed by atoms with E-state index in [1.807, 2.05) is 30.3 Å². The molecule has 3 atom stereocenters. The molecule has 1 amide bonds. The summed E-state index contributed by atoms with van der Waals surface area (Å²) in [5.41, 5.74) is 1.56. The average molecular weight is 389 g/mol. The summed E-state index contributed by atoms with van der Waals surface area (Å²) in [6.07, 6.45) is -2.26. The van der Waals surface area contributed by atoms with E-state index in [1.165, 1.54) is 24.3 Å². The Bertz CT molecular complexity index is 766. The Morgan fingerprint density at radius 2 is 1.71 bits per heavy atom. The molecular weight excluding hydrogens is 365 g/mol. The Balaban J connectivity index is 2.01. The van der Waals surface area contributed by atoms with E-state index >= 15 is 0 Å². The van der Waals surface area contributed by atoms with Crippen LogP contribution in [0.1, 0.15) is 18.1 Å². The Labute approximate surface area is 163 Å². The second kappa shape index (κ2) is 10.5. The van der Waals surface area contributed by atoms with Crippen LogP contribution in [0, 0.1) is 5.82 Å². The number of hydrogen-bond donors (Lipinski definition) is 2. The standard InChI is InChI=1S/C21H24FNO5/c1-14(28-13-16-6-4-3-5-7-16)20(25)23-18(19(24)21(26)27-2)12-15-8-10-17(22)11-9-15/h3-11,14,18-19,24H,12-13H2,1-2H3,(H,23,25). The summed E-state index contributed by atoms with van der Waals surface area (Å²) in [6.45, 7) is 1.83. The van der Waals surface area contributed by atoms with E-state index in [-0.39, 0.29) is 13.0 Å². The van der Waals surface area contributed by atoms with Crippen molar-refractivity contribution in [1.29, 1.82) is 0 Å². The molecule has 0 aliphatic carbocycles. The maximum atomic E-state index is 13.1. The summed E-state index contributed by atoms with van der Waals surface area (Å²) in [5.74, 6) is -1.75. The highest BCUT2D eigenvalue weighted by molar-refractivity contribution is 5.82. The molecule has 2 rings (SSSR count). The van der Waals surface area contributed by atoms with E-state index in [2.05, 4.69) is 10.1 Å². The number of halogens is 1. The van der Waals surface area contributed by atoms with Crippen LogP contribution < -0.4 is 5.32 Å². The molecule has 0 radical (unpaired) electrons. The van der Waals surface area contributed by atoms with Crippen LogP contribution in [0.3, 0.4) is 0 Å². The highest BCUT2D eigenvalue weighted by Crippen LogP contribution is 2.11. The molecule has 6 nitrogen and oxygen atoms in total. The summed E-state index contributed by atoms with van der Waals surface area (Å²) in [6, 6.07) is 14.0. The van der Waals surface area contributed by atoms with Crippen LogP contribution in [0.2, 0.25) is 0 Å². The zero-order chi connectivity index (χ0) is 20.5. The van der Waals surface area contributed by atoms with Gasteiger partial charge in [-0.25, -0.2) is 9.18 Å². The van der Waals surface area contributed by atoms with Crippen LogP contribution in [0.5, 0.6) is 0 Å². The number of rotatable bonds is 9. The fourth-order valence-corrected chi connectivity index (χ4v) is 2.57. The lowest BCUT2D eigenvalue weighted by Gasteiger charge is -2.24. The first kappa shape index (κ1) is 21.5. The molecule has 0 heterocycles. The van der Waals surface area contributed by atoms with E-state index in [4.69, 9.17) is 4.74 Å².